The predicted octanol–water partition coefficient (Wildman–Crippen LogP) is 2.44. The Labute approximate surface area is 94.8 Å². The molecule has 2 N–H and O–H groups in total. The number of rotatable bonds is 3. The third-order valence-corrected chi connectivity index (χ3v) is 2.33. The van der Waals surface area contributed by atoms with Crippen LogP contribution >= 0.6 is 0 Å². The van der Waals surface area contributed by atoms with Gasteiger partial charge in [-0.15, -0.1) is 0 Å². The number of aryl methyl sites for hydroxylation is 1. The molecule has 0 aromatic carbocycles. The Kier molecular flexibility index (Phi) is 3.19. The normalized spacial score (nSPS) is 15.1. The number of urea groups is 1. The summed E-state index contributed by atoms with van der Waals surface area (Å²) in [5.74, 6) is 1.23. The average molecular weight is 217 g/mol. The summed E-state index contributed by atoms with van der Waals surface area (Å²) in [5, 5.41) is 5.32. The molecule has 4 heteroatoms. The molecular weight excluding hydrogens is 202 g/mol. The van der Waals surface area contributed by atoms with E-state index < -0.39 is 0 Å². The SMILES string of the molecule is Cc1cccc(NC(=O)N/C=C/C2CC2)n1. The molecule has 0 atom stereocenters. The molecular formula is C12H15N3O. The summed E-state index contributed by atoms with van der Waals surface area (Å²) in [6, 6.07) is 5.25. The third kappa shape index (κ3) is 3.38. The van der Waals surface area contributed by atoms with Crippen molar-refractivity contribution >= 4 is 11.8 Å². The van der Waals surface area contributed by atoms with Crippen molar-refractivity contribution in [1.82, 2.24) is 10.3 Å². The van der Waals surface area contributed by atoms with E-state index in [-0.39, 0.29) is 6.03 Å². The van der Waals surface area contributed by atoms with Crippen molar-refractivity contribution in [2.45, 2.75) is 19.8 Å². The van der Waals surface area contributed by atoms with E-state index in [2.05, 4.69) is 15.6 Å². The van der Waals surface area contributed by atoms with E-state index in [0.29, 0.717) is 11.7 Å². The number of hydrogen-bond donors (Lipinski definition) is 2. The molecule has 1 aromatic rings. The number of carbonyl (C=O) groups excluding carboxylic acids is 1. The molecule has 0 bridgehead atoms. The number of carbonyl (C=O) groups is 1. The van der Waals surface area contributed by atoms with Crippen molar-refractivity contribution in [1.29, 1.82) is 0 Å². The largest absolute Gasteiger partial charge is 0.324 e. The van der Waals surface area contributed by atoms with Gasteiger partial charge in [0.15, 0.2) is 0 Å². The maximum atomic E-state index is 11.4. The molecule has 0 unspecified atom stereocenters. The lowest BCUT2D eigenvalue weighted by Gasteiger charge is -2.03. The second-order valence-corrected chi connectivity index (χ2v) is 3.96. The van der Waals surface area contributed by atoms with Crippen molar-refractivity contribution in [2.24, 2.45) is 5.92 Å². The summed E-state index contributed by atoms with van der Waals surface area (Å²) in [5.41, 5.74) is 0.881. The van der Waals surface area contributed by atoms with Crippen LogP contribution in [0.1, 0.15) is 18.5 Å². The van der Waals surface area contributed by atoms with Gasteiger partial charge >= 0.3 is 6.03 Å². The van der Waals surface area contributed by atoms with Gasteiger partial charge in [0.1, 0.15) is 5.82 Å². The Morgan fingerprint density at radius 1 is 1.50 bits per heavy atom. The van der Waals surface area contributed by atoms with Gasteiger partial charge in [-0.2, -0.15) is 0 Å². The van der Waals surface area contributed by atoms with Crippen molar-refractivity contribution in [3.05, 3.63) is 36.2 Å². The molecule has 1 fully saturated rings. The molecule has 1 aromatic heterocycles. The fraction of sp³-hybridized carbons (Fsp3) is 0.333. The standard InChI is InChI=1S/C12H15N3O/c1-9-3-2-4-11(14-9)15-12(16)13-8-7-10-5-6-10/h2-4,7-8,10H,5-6H2,1H3,(H2,13,14,15,16)/b8-7+. The monoisotopic (exact) mass is 217 g/mol. The van der Waals surface area contributed by atoms with Crippen LogP contribution in [-0.4, -0.2) is 11.0 Å². The lowest BCUT2D eigenvalue weighted by Crippen LogP contribution is -2.24. The quantitative estimate of drug-likeness (QED) is 0.817. The molecule has 1 aliphatic rings. The number of anilines is 1. The first-order valence-electron chi connectivity index (χ1n) is 5.42. The summed E-state index contributed by atoms with van der Waals surface area (Å²) in [6.07, 6.45) is 6.19. The van der Waals surface area contributed by atoms with Crippen LogP contribution in [0.2, 0.25) is 0 Å². The molecule has 1 saturated carbocycles. The van der Waals surface area contributed by atoms with Gasteiger partial charge in [0.25, 0.3) is 0 Å². The highest BCUT2D eigenvalue weighted by molar-refractivity contribution is 5.88. The number of nitrogens with one attached hydrogen (secondary N) is 2. The van der Waals surface area contributed by atoms with Gasteiger partial charge in [-0.3, -0.25) is 5.32 Å². The van der Waals surface area contributed by atoms with Crippen molar-refractivity contribution < 1.29 is 4.79 Å². The van der Waals surface area contributed by atoms with Gasteiger partial charge in [-0.1, -0.05) is 12.1 Å². The second kappa shape index (κ2) is 4.79. The van der Waals surface area contributed by atoms with E-state index in [4.69, 9.17) is 0 Å². The van der Waals surface area contributed by atoms with Gasteiger partial charge in [0.05, 0.1) is 0 Å². The lowest BCUT2D eigenvalue weighted by molar-refractivity contribution is 0.255. The summed E-state index contributed by atoms with van der Waals surface area (Å²) < 4.78 is 0. The average Bonchev–Trinajstić information content (AvgIpc) is 3.01. The Morgan fingerprint density at radius 2 is 2.31 bits per heavy atom. The molecule has 2 rings (SSSR count). The molecule has 84 valence electrons. The minimum absolute atomic E-state index is 0.255. The van der Waals surface area contributed by atoms with Crippen LogP contribution in [-0.2, 0) is 0 Å². The molecule has 4 nitrogen and oxygen atoms in total. The minimum atomic E-state index is -0.255. The smallest absolute Gasteiger partial charge is 0.315 e. The third-order valence-electron chi connectivity index (χ3n) is 2.33. The molecule has 0 aliphatic heterocycles. The molecule has 1 heterocycles. The van der Waals surface area contributed by atoms with Gasteiger partial charge < -0.3 is 5.32 Å². The summed E-state index contributed by atoms with van der Waals surface area (Å²) in [4.78, 5) is 15.6. The van der Waals surface area contributed by atoms with E-state index in [1.54, 1.807) is 12.3 Å². The van der Waals surface area contributed by atoms with E-state index >= 15 is 0 Å². The molecule has 0 saturated heterocycles. The Balaban J connectivity index is 1.81. The molecule has 2 amide bonds. The topological polar surface area (TPSA) is 54.0 Å². The van der Waals surface area contributed by atoms with Crippen molar-refractivity contribution in [3.8, 4) is 0 Å². The Hall–Kier alpha value is -1.84. The highest BCUT2D eigenvalue weighted by atomic mass is 16.2. The van der Waals surface area contributed by atoms with Crippen LogP contribution in [0.3, 0.4) is 0 Å². The number of nitrogens with zero attached hydrogens (tertiary/aromatic N) is 1. The second-order valence-electron chi connectivity index (χ2n) is 3.96. The maximum absolute atomic E-state index is 11.4. The minimum Gasteiger partial charge on any atom is -0.315 e. The van der Waals surface area contributed by atoms with Crippen LogP contribution in [0.4, 0.5) is 10.6 Å². The van der Waals surface area contributed by atoms with Crippen molar-refractivity contribution in [2.75, 3.05) is 5.32 Å². The highest BCUT2D eigenvalue weighted by Crippen LogP contribution is 2.29. The first-order chi connectivity index (χ1) is 7.74. The summed E-state index contributed by atoms with van der Waals surface area (Å²) in [6.45, 7) is 1.89. The summed E-state index contributed by atoms with van der Waals surface area (Å²) in [7, 11) is 0. The van der Waals surface area contributed by atoms with Gasteiger partial charge in [-0.25, -0.2) is 9.78 Å². The van der Waals surface area contributed by atoms with Gasteiger partial charge in [-0.05, 0) is 37.8 Å². The zero-order chi connectivity index (χ0) is 11.4. The maximum Gasteiger partial charge on any atom is 0.324 e. The predicted molar refractivity (Wildman–Crippen MR) is 63.0 cm³/mol. The van der Waals surface area contributed by atoms with Crippen LogP contribution in [0.15, 0.2) is 30.5 Å². The summed E-state index contributed by atoms with van der Waals surface area (Å²) >= 11 is 0. The number of allylic oxidation sites excluding steroid dienone is 1. The molecule has 0 radical (unpaired) electrons. The number of hydrogen-bond acceptors (Lipinski definition) is 2. The van der Waals surface area contributed by atoms with Crippen LogP contribution < -0.4 is 10.6 Å². The van der Waals surface area contributed by atoms with Gasteiger partial charge in [0, 0.05) is 11.9 Å². The van der Waals surface area contributed by atoms with E-state index in [0.717, 1.165) is 5.69 Å². The fourth-order valence-corrected chi connectivity index (χ4v) is 1.31. The van der Waals surface area contributed by atoms with E-state index in [1.807, 2.05) is 25.1 Å². The van der Waals surface area contributed by atoms with Crippen LogP contribution in [0.5, 0.6) is 0 Å². The molecule has 0 spiro atoms. The number of pyridine rings is 1. The van der Waals surface area contributed by atoms with E-state index in [1.165, 1.54) is 12.8 Å². The number of amides is 2. The highest BCUT2D eigenvalue weighted by Gasteiger charge is 2.17. The Morgan fingerprint density at radius 3 is 3.00 bits per heavy atom. The molecule has 16 heavy (non-hydrogen) atoms. The zero-order valence-corrected chi connectivity index (χ0v) is 9.23. The van der Waals surface area contributed by atoms with Gasteiger partial charge in [0.2, 0.25) is 0 Å². The first-order valence-corrected chi connectivity index (χ1v) is 5.42. The van der Waals surface area contributed by atoms with E-state index in [9.17, 15) is 4.79 Å². The Bertz CT molecular complexity index is 410. The fourth-order valence-electron chi connectivity index (χ4n) is 1.31. The first kappa shape index (κ1) is 10.7. The van der Waals surface area contributed by atoms with Crippen molar-refractivity contribution in [3.63, 3.8) is 0 Å². The molecule has 1 aliphatic carbocycles. The lowest BCUT2D eigenvalue weighted by atomic mass is 10.4. The van der Waals surface area contributed by atoms with Crippen LogP contribution in [0.25, 0.3) is 0 Å². The number of aromatic nitrogens is 1. The zero-order valence-electron chi connectivity index (χ0n) is 9.23. The van der Waals surface area contributed by atoms with Crippen LogP contribution in [0, 0.1) is 12.8 Å².